The van der Waals surface area contributed by atoms with Crippen LogP contribution in [0.1, 0.15) is 20.7 Å². The second kappa shape index (κ2) is 6.48. The number of carboxylic acid groups (broad SMARTS) is 1. The molecule has 1 aromatic heterocycles. The molecular weight excluding hydrogens is 324 g/mol. The SMILES string of the molecule is COc1cccc2cc(C(N)=O)c(=Nc3ccc(C(=O)O)cc3)oc12. The van der Waals surface area contributed by atoms with Crippen LogP contribution in [0, 0.1) is 0 Å². The van der Waals surface area contributed by atoms with E-state index in [1.807, 2.05) is 0 Å². The number of hydrogen-bond donors (Lipinski definition) is 2. The normalized spacial score (nSPS) is 11.5. The van der Waals surface area contributed by atoms with Crippen molar-refractivity contribution in [1.29, 1.82) is 0 Å². The predicted octanol–water partition coefficient (Wildman–Crippen LogP) is 2.47. The molecule has 1 amide bonds. The van der Waals surface area contributed by atoms with Crippen molar-refractivity contribution in [2.75, 3.05) is 7.11 Å². The van der Waals surface area contributed by atoms with Gasteiger partial charge in [0.1, 0.15) is 5.56 Å². The van der Waals surface area contributed by atoms with Gasteiger partial charge in [0.05, 0.1) is 18.4 Å². The van der Waals surface area contributed by atoms with Crippen molar-refractivity contribution < 1.29 is 23.8 Å². The molecule has 0 fully saturated rings. The van der Waals surface area contributed by atoms with Crippen molar-refractivity contribution in [2.45, 2.75) is 0 Å². The molecule has 3 rings (SSSR count). The monoisotopic (exact) mass is 338 g/mol. The van der Waals surface area contributed by atoms with Crippen LogP contribution in [0.25, 0.3) is 11.0 Å². The molecule has 0 aliphatic rings. The second-order valence-corrected chi connectivity index (χ2v) is 5.17. The number of primary amides is 1. The number of hydrogen-bond acceptors (Lipinski definition) is 5. The van der Waals surface area contributed by atoms with Gasteiger partial charge in [0.25, 0.3) is 5.91 Å². The van der Waals surface area contributed by atoms with Crippen molar-refractivity contribution in [3.8, 4) is 5.75 Å². The number of benzene rings is 2. The molecule has 3 N–H and O–H groups in total. The molecule has 0 radical (unpaired) electrons. The average Bonchev–Trinajstić information content (AvgIpc) is 2.61. The van der Waals surface area contributed by atoms with Crippen molar-refractivity contribution in [2.24, 2.45) is 10.7 Å². The Morgan fingerprint density at radius 2 is 1.88 bits per heavy atom. The van der Waals surface area contributed by atoms with Gasteiger partial charge in [-0.1, -0.05) is 12.1 Å². The summed E-state index contributed by atoms with van der Waals surface area (Å²) in [4.78, 5) is 26.9. The molecule has 0 unspecified atom stereocenters. The summed E-state index contributed by atoms with van der Waals surface area (Å²) in [5, 5.41) is 9.58. The van der Waals surface area contributed by atoms with E-state index >= 15 is 0 Å². The molecule has 0 aliphatic carbocycles. The smallest absolute Gasteiger partial charge is 0.335 e. The zero-order valence-electron chi connectivity index (χ0n) is 13.2. The van der Waals surface area contributed by atoms with Crippen LogP contribution in [-0.2, 0) is 0 Å². The molecule has 0 bridgehead atoms. The third-order valence-electron chi connectivity index (χ3n) is 3.57. The first-order valence-electron chi connectivity index (χ1n) is 7.28. The lowest BCUT2D eigenvalue weighted by molar-refractivity contribution is 0.0696. The summed E-state index contributed by atoms with van der Waals surface area (Å²) in [5.74, 6) is -1.23. The molecule has 0 atom stereocenters. The number of fused-ring (bicyclic) bond motifs is 1. The minimum atomic E-state index is -1.04. The number of carboxylic acids is 1. The van der Waals surface area contributed by atoms with E-state index in [-0.39, 0.29) is 16.7 Å². The van der Waals surface area contributed by atoms with Gasteiger partial charge in [-0.15, -0.1) is 0 Å². The van der Waals surface area contributed by atoms with Crippen LogP contribution in [0.2, 0.25) is 0 Å². The Hall–Kier alpha value is -3.61. The minimum Gasteiger partial charge on any atom is -0.493 e. The van der Waals surface area contributed by atoms with E-state index in [4.69, 9.17) is 20.0 Å². The van der Waals surface area contributed by atoms with E-state index in [1.54, 1.807) is 24.3 Å². The van der Waals surface area contributed by atoms with Crippen molar-refractivity contribution in [3.05, 3.63) is 65.2 Å². The van der Waals surface area contributed by atoms with Crippen LogP contribution in [0.3, 0.4) is 0 Å². The molecule has 126 valence electrons. The summed E-state index contributed by atoms with van der Waals surface area (Å²) in [7, 11) is 1.51. The third-order valence-corrected chi connectivity index (χ3v) is 3.57. The Morgan fingerprint density at radius 3 is 2.48 bits per heavy atom. The first-order chi connectivity index (χ1) is 12.0. The van der Waals surface area contributed by atoms with Crippen LogP contribution in [0.5, 0.6) is 5.75 Å². The van der Waals surface area contributed by atoms with Gasteiger partial charge in [-0.25, -0.2) is 9.79 Å². The fraction of sp³-hybridized carbons (Fsp3) is 0.0556. The maximum Gasteiger partial charge on any atom is 0.335 e. The molecule has 0 aliphatic heterocycles. The summed E-state index contributed by atoms with van der Waals surface area (Å²) in [6.45, 7) is 0. The standard InChI is InChI=1S/C18H14N2O5/c1-24-14-4-2-3-11-9-13(16(19)21)17(25-15(11)14)20-12-7-5-10(6-8-12)18(22)23/h2-9H,1H3,(H2,19,21)(H,22,23). The lowest BCUT2D eigenvalue weighted by Gasteiger charge is -2.06. The van der Waals surface area contributed by atoms with Crippen LogP contribution in [0.15, 0.2) is 57.9 Å². The lowest BCUT2D eigenvalue weighted by Crippen LogP contribution is -2.21. The molecule has 1 heterocycles. The lowest BCUT2D eigenvalue weighted by atomic mass is 10.1. The minimum absolute atomic E-state index is 0.0209. The maximum atomic E-state index is 11.7. The van der Waals surface area contributed by atoms with Gasteiger partial charge >= 0.3 is 5.97 Å². The number of carbonyl (C=O) groups excluding carboxylic acids is 1. The number of carbonyl (C=O) groups is 2. The summed E-state index contributed by atoms with van der Waals surface area (Å²) < 4.78 is 11.0. The molecule has 7 heteroatoms. The third kappa shape index (κ3) is 3.20. The fourth-order valence-electron chi connectivity index (χ4n) is 2.34. The number of para-hydroxylation sites is 1. The first kappa shape index (κ1) is 16.3. The molecular formula is C18H14N2O5. The summed E-state index contributed by atoms with van der Waals surface area (Å²) in [6, 6.07) is 12.7. The highest BCUT2D eigenvalue weighted by molar-refractivity contribution is 5.96. The van der Waals surface area contributed by atoms with Gasteiger partial charge in [-0.3, -0.25) is 4.79 Å². The van der Waals surface area contributed by atoms with E-state index in [0.29, 0.717) is 22.4 Å². The van der Waals surface area contributed by atoms with Crippen molar-refractivity contribution in [1.82, 2.24) is 0 Å². The van der Waals surface area contributed by atoms with Gasteiger partial charge in [0, 0.05) is 5.39 Å². The zero-order chi connectivity index (χ0) is 18.0. The summed E-state index contributed by atoms with van der Waals surface area (Å²) in [5.41, 5.74) is 6.54. The van der Waals surface area contributed by atoms with Crippen LogP contribution in [-0.4, -0.2) is 24.1 Å². The Kier molecular flexibility index (Phi) is 4.21. The molecule has 25 heavy (non-hydrogen) atoms. The number of rotatable bonds is 4. The van der Waals surface area contributed by atoms with Crippen molar-refractivity contribution >= 4 is 28.5 Å². The number of ether oxygens (including phenoxy) is 1. The number of nitrogens with zero attached hydrogens (tertiary/aromatic N) is 1. The summed E-state index contributed by atoms with van der Waals surface area (Å²) >= 11 is 0. The topological polar surface area (TPSA) is 115 Å². The van der Waals surface area contributed by atoms with Gasteiger partial charge < -0.3 is 20.0 Å². The number of methoxy groups -OCH3 is 1. The van der Waals surface area contributed by atoms with Crippen LogP contribution < -0.4 is 16.0 Å². The van der Waals surface area contributed by atoms with E-state index in [0.717, 1.165) is 0 Å². The highest BCUT2D eigenvalue weighted by atomic mass is 16.5. The highest BCUT2D eigenvalue weighted by Gasteiger charge is 2.12. The number of amides is 1. The average molecular weight is 338 g/mol. The second-order valence-electron chi connectivity index (χ2n) is 5.17. The van der Waals surface area contributed by atoms with Crippen LogP contribution >= 0.6 is 0 Å². The Morgan fingerprint density at radius 1 is 1.16 bits per heavy atom. The van der Waals surface area contributed by atoms with Gasteiger partial charge in [0.2, 0.25) is 5.55 Å². The van der Waals surface area contributed by atoms with Crippen molar-refractivity contribution in [3.63, 3.8) is 0 Å². The highest BCUT2D eigenvalue weighted by Crippen LogP contribution is 2.24. The molecule has 0 saturated carbocycles. The fourth-order valence-corrected chi connectivity index (χ4v) is 2.34. The van der Waals surface area contributed by atoms with E-state index < -0.39 is 11.9 Å². The zero-order valence-corrected chi connectivity index (χ0v) is 13.2. The largest absolute Gasteiger partial charge is 0.493 e. The van der Waals surface area contributed by atoms with Gasteiger partial charge in [0.15, 0.2) is 11.3 Å². The Bertz CT molecular complexity index is 1040. The van der Waals surface area contributed by atoms with Gasteiger partial charge in [-0.05, 0) is 36.4 Å². The maximum absolute atomic E-state index is 11.7. The Labute approximate surface area is 142 Å². The quantitative estimate of drug-likeness (QED) is 0.758. The van der Waals surface area contributed by atoms with E-state index in [9.17, 15) is 9.59 Å². The van der Waals surface area contributed by atoms with Gasteiger partial charge in [-0.2, -0.15) is 0 Å². The Balaban J connectivity index is 2.23. The first-order valence-corrected chi connectivity index (χ1v) is 7.28. The predicted molar refractivity (Wildman–Crippen MR) is 89.9 cm³/mol. The van der Waals surface area contributed by atoms with E-state index in [1.165, 1.54) is 31.4 Å². The molecule has 3 aromatic rings. The van der Waals surface area contributed by atoms with E-state index in [2.05, 4.69) is 4.99 Å². The van der Waals surface area contributed by atoms with Crippen LogP contribution in [0.4, 0.5) is 5.69 Å². The molecule has 7 nitrogen and oxygen atoms in total. The molecule has 0 spiro atoms. The number of aromatic carboxylic acids is 1. The number of nitrogens with two attached hydrogens (primary N) is 1. The summed E-state index contributed by atoms with van der Waals surface area (Å²) in [6.07, 6.45) is 0. The molecule has 2 aromatic carbocycles. The molecule has 0 saturated heterocycles.